The van der Waals surface area contributed by atoms with Crippen LogP contribution in [0.15, 0.2) is 24.5 Å². The number of ether oxygens (including phenoxy) is 2. The van der Waals surface area contributed by atoms with Gasteiger partial charge >= 0.3 is 6.03 Å². The highest BCUT2D eigenvalue weighted by Crippen LogP contribution is 2.59. The predicted molar refractivity (Wildman–Crippen MR) is 99.8 cm³/mol. The summed E-state index contributed by atoms with van der Waals surface area (Å²) < 4.78 is 11.9. The number of benzene rings is 1. The molecule has 2 aliphatic heterocycles. The minimum atomic E-state index is -0.518. The van der Waals surface area contributed by atoms with Crippen LogP contribution >= 0.6 is 0 Å². The Morgan fingerprint density at radius 1 is 1.29 bits per heavy atom. The van der Waals surface area contributed by atoms with Gasteiger partial charge in [-0.1, -0.05) is 13.0 Å². The van der Waals surface area contributed by atoms with Crippen molar-refractivity contribution >= 4 is 17.8 Å². The monoisotopic (exact) mass is 380 g/mol. The number of carbonyl (C=O) groups is 2. The topological polar surface area (TPSA) is 93.7 Å². The summed E-state index contributed by atoms with van der Waals surface area (Å²) in [5.74, 6) is 1.79. The van der Waals surface area contributed by atoms with Crippen LogP contribution in [0.3, 0.4) is 0 Å². The van der Waals surface area contributed by atoms with Gasteiger partial charge in [0, 0.05) is 11.0 Å². The summed E-state index contributed by atoms with van der Waals surface area (Å²) in [6.07, 6.45) is 5.52. The molecule has 1 saturated carbocycles. The van der Waals surface area contributed by atoms with Crippen molar-refractivity contribution in [1.82, 2.24) is 15.3 Å². The number of fused-ring (bicyclic) bond motifs is 2. The van der Waals surface area contributed by atoms with Gasteiger partial charge in [0.25, 0.3) is 5.91 Å². The number of nitrogens with one attached hydrogen (secondary N) is 1. The predicted octanol–water partition coefficient (Wildman–Crippen LogP) is 2.84. The number of aromatic nitrogens is 2. The van der Waals surface area contributed by atoms with Crippen molar-refractivity contribution in [2.75, 3.05) is 11.5 Å². The Kier molecular flexibility index (Phi) is 3.59. The first-order valence-electron chi connectivity index (χ1n) is 9.44. The number of anilines is 1. The lowest BCUT2D eigenvalue weighted by Gasteiger charge is -2.14. The molecule has 0 radical (unpaired) electrons. The van der Waals surface area contributed by atoms with Crippen LogP contribution in [-0.4, -0.2) is 34.6 Å². The number of aryl methyl sites for hydroxylation is 1. The van der Waals surface area contributed by atoms with Crippen LogP contribution in [0.4, 0.5) is 10.6 Å². The third-order valence-corrected chi connectivity index (χ3v) is 5.68. The first-order valence-corrected chi connectivity index (χ1v) is 9.44. The van der Waals surface area contributed by atoms with Crippen molar-refractivity contribution < 1.29 is 19.1 Å². The number of hydrogen-bond donors (Lipinski definition) is 1. The fourth-order valence-electron chi connectivity index (χ4n) is 3.88. The van der Waals surface area contributed by atoms with Gasteiger partial charge in [-0.25, -0.2) is 19.7 Å². The highest BCUT2D eigenvalue weighted by molar-refractivity contribution is 6.20. The minimum absolute atomic E-state index is 0.0687. The van der Waals surface area contributed by atoms with E-state index < -0.39 is 12.1 Å². The van der Waals surface area contributed by atoms with Crippen molar-refractivity contribution in [2.45, 2.75) is 44.6 Å². The Bertz CT molecular complexity index is 984. The molecule has 1 saturated heterocycles. The molecule has 1 aromatic heterocycles. The van der Waals surface area contributed by atoms with Gasteiger partial charge in [0.15, 0.2) is 5.82 Å². The lowest BCUT2D eigenvalue weighted by molar-refractivity contribution is -0.118. The van der Waals surface area contributed by atoms with Crippen LogP contribution in [0.25, 0.3) is 0 Å². The zero-order valence-electron chi connectivity index (χ0n) is 15.7. The van der Waals surface area contributed by atoms with E-state index in [4.69, 9.17) is 9.47 Å². The average Bonchev–Trinajstić information content (AvgIpc) is 3.28. The molecule has 0 unspecified atom stereocenters. The van der Waals surface area contributed by atoms with Gasteiger partial charge in [0.2, 0.25) is 5.88 Å². The Hall–Kier alpha value is -3.16. The summed E-state index contributed by atoms with van der Waals surface area (Å²) in [6.45, 7) is 4.56. The standard InChI is InChI=1S/C20H20N4O4/c1-3-12-18(25)24(19(26)23-12)14-8-22-15(9-21-14)28-13-5-4-11(2)17-16(13)20(6-7-20)10-27-17/h4-5,8-9,12H,3,6-7,10H2,1-2H3,(H,23,26)/t12-/m0/s1. The summed E-state index contributed by atoms with van der Waals surface area (Å²) in [5, 5.41) is 2.63. The van der Waals surface area contributed by atoms with Gasteiger partial charge in [-0.3, -0.25) is 4.79 Å². The summed E-state index contributed by atoms with van der Waals surface area (Å²) in [6, 6.07) is 2.90. The molecule has 5 rings (SSSR count). The number of rotatable bonds is 4. The van der Waals surface area contributed by atoms with E-state index in [-0.39, 0.29) is 17.1 Å². The summed E-state index contributed by atoms with van der Waals surface area (Å²) in [5.41, 5.74) is 2.27. The summed E-state index contributed by atoms with van der Waals surface area (Å²) >= 11 is 0. The second-order valence-electron chi connectivity index (χ2n) is 7.55. The fourth-order valence-corrected chi connectivity index (χ4v) is 3.88. The van der Waals surface area contributed by atoms with Gasteiger partial charge in [0.1, 0.15) is 17.5 Å². The molecule has 28 heavy (non-hydrogen) atoms. The van der Waals surface area contributed by atoms with E-state index in [1.807, 2.05) is 26.0 Å². The quantitative estimate of drug-likeness (QED) is 0.820. The maximum absolute atomic E-state index is 12.3. The van der Waals surface area contributed by atoms with Gasteiger partial charge in [-0.05, 0) is 37.8 Å². The molecule has 1 spiro atoms. The summed E-state index contributed by atoms with van der Waals surface area (Å²) in [4.78, 5) is 33.8. The lowest BCUT2D eigenvalue weighted by Crippen LogP contribution is -2.32. The van der Waals surface area contributed by atoms with E-state index in [1.165, 1.54) is 12.4 Å². The average molecular weight is 380 g/mol. The third-order valence-electron chi connectivity index (χ3n) is 5.68. The molecule has 2 aromatic rings. The molecule has 1 aromatic carbocycles. The van der Waals surface area contributed by atoms with Crippen molar-refractivity contribution in [1.29, 1.82) is 0 Å². The SMILES string of the molecule is CC[C@@H]1NC(=O)N(c2cnc(Oc3ccc(C)c4c3C3(CC3)CO4)cn2)C1=O. The molecule has 144 valence electrons. The van der Waals surface area contributed by atoms with Crippen LogP contribution < -0.4 is 19.7 Å². The fraction of sp³-hybridized carbons (Fsp3) is 0.400. The molecule has 8 nitrogen and oxygen atoms in total. The third kappa shape index (κ3) is 2.44. The Morgan fingerprint density at radius 3 is 2.75 bits per heavy atom. The second-order valence-corrected chi connectivity index (χ2v) is 7.55. The van der Waals surface area contributed by atoms with Crippen LogP contribution in [0.2, 0.25) is 0 Å². The maximum Gasteiger partial charge on any atom is 0.330 e. The van der Waals surface area contributed by atoms with Crippen LogP contribution in [0, 0.1) is 6.92 Å². The molecular weight excluding hydrogens is 360 g/mol. The zero-order chi connectivity index (χ0) is 19.5. The molecule has 1 atom stereocenters. The Labute approximate surface area is 161 Å². The van der Waals surface area contributed by atoms with E-state index in [9.17, 15) is 9.59 Å². The van der Waals surface area contributed by atoms with Crippen LogP contribution in [0.1, 0.15) is 37.3 Å². The van der Waals surface area contributed by atoms with Gasteiger partial charge in [-0.15, -0.1) is 0 Å². The number of hydrogen-bond acceptors (Lipinski definition) is 6. The van der Waals surface area contributed by atoms with Crippen molar-refractivity contribution in [3.05, 3.63) is 35.7 Å². The van der Waals surface area contributed by atoms with E-state index in [0.29, 0.717) is 18.9 Å². The molecule has 3 aliphatic rings. The highest BCUT2D eigenvalue weighted by atomic mass is 16.5. The van der Waals surface area contributed by atoms with Gasteiger partial charge in [-0.2, -0.15) is 0 Å². The largest absolute Gasteiger partial charge is 0.492 e. The maximum atomic E-state index is 12.3. The number of nitrogens with zero attached hydrogens (tertiary/aromatic N) is 3. The zero-order valence-corrected chi connectivity index (χ0v) is 15.7. The first-order chi connectivity index (χ1) is 13.5. The molecule has 3 heterocycles. The summed E-state index contributed by atoms with van der Waals surface area (Å²) in [7, 11) is 0. The van der Waals surface area contributed by atoms with Crippen molar-refractivity contribution in [3.8, 4) is 17.4 Å². The minimum Gasteiger partial charge on any atom is -0.492 e. The second kappa shape index (κ2) is 5.92. The van der Waals surface area contributed by atoms with E-state index in [2.05, 4.69) is 15.3 Å². The lowest BCUT2D eigenvalue weighted by atomic mass is 9.95. The smallest absolute Gasteiger partial charge is 0.330 e. The number of urea groups is 1. The number of carbonyl (C=O) groups excluding carboxylic acids is 2. The number of imide groups is 1. The van der Waals surface area contributed by atoms with Crippen LogP contribution in [0.5, 0.6) is 17.4 Å². The highest BCUT2D eigenvalue weighted by Gasteiger charge is 2.53. The van der Waals surface area contributed by atoms with E-state index in [0.717, 1.165) is 40.4 Å². The van der Waals surface area contributed by atoms with Gasteiger partial charge in [0.05, 0.1) is 19.0 Å². The first kappa shape index (κ1) is 17.0. The van der Waals surface area contributed by atoms with Crippen molar-refractivity contribution in [2.24, 2.45) is 0 Å². The van der Waals surface area contributed by atoms with E-state index in [1.54, 1.807) is 0 Å². The van der Waals surface area contributed by atoms with Crippen molar-refractivity contribution in [3.63, 3.8) is 0 Å². The molecule has 0 bridgehead atoms. The Balaban J connectivity index is 1.41. The normalized spacial score (nSPS) is 21.5. The molecule has 3 amide bonds. The number of amides is 3. The van der Waals surface area contributed by atoms with Gasteiger partial charge < -0.3 is 14.8 Å². The van der Waals surface area contributed by atoms with E-state index >= 15 is 0 Å². The van der Waals surface area contributed by atoms with Crippen LogP contribution in [-0.2, 0) is 10.2 Å². The molecular formula is C20H20N4O4. The molecule has 1 aliphatic carbocycles. The Morgan fingerprint density at radius 2 is 2.11 bits per heavy atom. The molecule has 1 N–H and O–H groups in total. The molecule has 2 fully saturated rings. The molecule has 8 heteroatoms.